The van der Waals surface area contributed by atoms with Gasteiger partial charge in [-0.1, -0.05) is 0 Å². The van der Waals surface area contributed by atoms with Gasteiger partial charge < -0.3 is 10.1 Å². The van der Waals surface area contributed by atoms with Crippen LogP contribution in [-0.2, 0) is 4.74 Å². The summed E-state index contributed by atoms with van der Waals surface area (Å²) in [5.74, 6) is 0.736. The van der Waals surface area contributed by atoms with Crippen molar-refractivity contribution in [2.24, 2.45) is 5.92 Å². The van der Waals surface area contributed by atoms with Gasteiger partial charge in [-0.2, -0.15) is 4.39 Å². The van der Waals surface area contributed by atoms with E-state index in [2.05, 4.69) is 15.3 Å². The van der Waals surface area contributed by atoms with Crippen LogP contribution in [0.5, 0.6) is 0 Å². The molecule has 0 spiro atoms. The van der Waals surface area contributed by atoms with E-state index >= 15 is 0 Å². The zero-order chi connectivity index (χ0) is 11.0. The molecule has 2 aliphatic rings. The minimum atomic E-state index is -0.501. The van der Waals surface area contributed by atoms with Crippen molar-refractivity contribution in [3.63, 3.8) is 0 Å². The Labute approximate surface area is 93.2 Å². The maximum Gasteiger partial charge on any atom is 0.217 e. The molecule has 0 amide bonds. The summed E-state index contributed by atoms with van der Waals surface area (Å²) >= 11 is 0. The summed E-state index contributed by atoms with van der Waals surface area (Å²) in [5, 5.41) is 3.24. The zero-order valence-corrected chi connectivity index (χ0v) is 8.90. The molecule has 2 heterocycles. The average molecular weight is 223 g/mol. The van der Waals surface area contributed by atoms with E-state index in [9.17, 15) is 4.39 Å². The highest BCUT2D eigenvalue weighted by molar-refractivity contribution is 5.34. The third kappa shape index (κ3) is 2.00. The largest absolute Gasteiger partial charge is 0.376 e. The first-order valence-corrected chi connectivity index (χ1v) is 5.68. The number of nitrogens with one attached hydrogen (secondary N) is 1. The number of halogens is 1. The molecule has 1 aromatic rings. The molecule has 1 aromatic heterocycles. The summed E-state index contributed by atoms with van der Waals surface area (Å²) in [6.45, 7) is 0.784. The van der Waals surface area contributed by atoms with Crippen LogP contribution in [0.1, 0.15) is 19.3 Å². The van der Waals surface area contributed by atoms with Crippen LogP contribution in [0.15, 0.2) is 12.4 Å². The highest BCUT2D eigenvalue weighted by Crippen LogP contribution is 2.39. The van der Waals surface area contributed by atoms with Crippen LogP contribution in [0, 0.1) is 11.9 Å². The van der Waals surface area contributed by atoms with E-state index in [0.717, 1.165) is 13.0 Å². The molecular weight excluding hydrogens is 209 g/mol. The van der Waals surface area contributed by atoms with Crippen molar-refractivity contribution in [1.82, 2.24) is 9.97 Å². The molecule has 86 valence electrons. The van der Waals surface area contributed by atoms with Crippen molar-refractivity contribution < 1.29 is 9.13 Å². The molecule has 1 aliphatic heterocycles. The molecule has 1 N–H and O–H groups in total. The number of hydrogen-bond donors (Lipinski definition) is 1. The van der Waals surface area contributed by atoms with Crippen molar-refractivity contribution in [2.75, 3.05) is 11.9 Å². The SMILES string of the molecule is Fc1cc(NC2CCOC2C2CC2)ncn1. The van der Waals surface area contributed by atoms with Gasteiger partial charge in [-0.3, -0.25) is 0 Å². The fourth-order valence-corrected chi connectivity index (χ4v) is 2.26. The van der Waals surface area contributed by atoms with Gasteiger partial charge in [0.2, 0.25) is 5.95 Å². The summed E-state index contributed by atoms with van der Waals surface area (Å²) in [7, 11) is 0. The third-order valence-corrected chi connectivity index (χ3v) is 3.19. The summed E-state index contributed by atoms with van der Waals surface area (Å²) < 4.78 is 18.6. The van der Waals surface area contributed by atoms with E-state index in [4.69, 9.17) is 4.74 Å². The highest BCUT2D eigenvalue weighted by Gasteiger charge is 2.40. The molecule has 16 heavy (non-hydrogen) atoms. The molecule has 1 saturated carbocycles. The van der Waals surface area contributed by atoms with E-state index in [0.29, 0.717) is 11.7 Å². The van der Waals surface area contributed by atoms with Crippen molar-refractivity contribution >= 4 is 5.82 Å². The Hall–Kier alpha value is -1.23. The Bertz CT molecular complexity index is 383. The minimum Gasteiger partial charge on any atom is -0.376 e. The topological polar surface area (TPSA) is 47.0 Å². The molecule has 3 rings (SSSR count). The lowest BCUT2D eigenvalue weighted by atomic mass is 10.1. The van der Waals surface area contributed by atoms with Crippen molar-refractivity contribution in [1.29, 1.82) is 0 Å². The maximum absolute atomic E-state index is 12.9. The van der Waals surface area contributed by atoms with Gasteiger partial charge in [0, 0.05) is 12.7 Å². The first-order chi connectivity index (χ1) is 7.83. The van der Waals surface area contributed by atoms with Gasteiger partial charge in [0.05, 0.1) is 12.1 Å². The van der Waals surface area contributed by atoms with Gasteiger partial charge in [0.15, 0.2) is 0 Å². The smallest absolute Gasteiger partial charge is 0.217 e. The molecular formula is C11H14FN3O. The molecule has 4 nitrogen and oxygen atoms in total. The molecule has 2 atom stereocenters. The second-order valence-corrected chi connectivity index (χ2v) is 4.44. The number of anilines is 1. The molecule has 1 saturated heterocycles. The number of rotatable bonds is 3. The molecule has 5 heteroatoms. The fourth-order valence-electron chi connectivity index (χ4n) is 2.26. The maximum atomic E-state index is 12.9. The van der Waals surface area contributed by atoms with Crippen LogP contribution in [0.2, 0.25) is 0 Å². The second kappa shape index (κ2) is 3.97. The average Bonchev–Trinajstić information content (AvgIpc) is 3.00. The Balaban J connectivity index is 1.69. The van der Waals surface area contributed by atoms with Gasteiger partial charge in [-0.05, 0) is 25.2 Å². The predicted octanol–water partition coefficient (Wildman–Crippen LogP) is 1.60. The van der Waals surface area contributed by atoms with Crippen LogP contribution in [0.25, 0.3) is 0 Å². The Morgan fingerprint density at radius 3 is 2.94 bits per heavy atom. The molecule has 0 aromatic carbocycles. The lowest BCUT2D eigenvalue weighted by Crippen LogP contribution is -2.31. The van der Waals surface area contributed by atoms with Crippen LogP contribution in [0.4, 0.5) is 10.2 Å². The van der Waals surface area contributed by atoms with Gasteiger partial charge in [0.25, 0.3) is 0 Å². The standard InChI is InChI=1S/C11H14FN3O/c12-9-5-10(14-6-13-9)15-8-3-4-16-11(8)7-1-2-7/h5-8,11H,1-4H2,(H,13,14,15). The van der Waals surface area contributed by atoms with E-state index in [1.165, 1.54) is 25.2 Å². The Kier molecular flexibility index (Phi) is 2.47. The summed E-state index contributed by atoms with van der Waals surface area (Å²) in [4.78, 5) is 7.43. The molecule has 2 fully saturated rings. The summed E-state index contributed by atoms with van der Waals surface area (Å²) in [6.07, 6.45) is 4.98. The zero-order valence-electron chi connectivity index (χ0n) is 8.90. The molecule has 0 bridgehead atoms. The van der Waals surface area contributed by atoms with Crippen LogP contribution in [0.3, 0.4) is 0 Å². The van der Waals surface area contributed by atoms with Crippen LogP contribution in [-0.4, -0.2) is 28.7 Å². The third-order valence-electron chi connectivity index (χ3n) is 3.19. The first kappa shape index (κ1) is 9.96. The van der Waals surface area contributed by atoms with E-state index < -0.39 is 5.95 Å². The van der Waals surface area contributed by atoms with Crippen LogP contribution >= 0.6 is 0 Å². The Morgan fingerprint density at radius 1 is 1.31 bits per heavy atom. The second-order valence-electron chi connectivity index (χ2n) is 4.44. The number of ether oxygens (including phenoxy) is 1. The normalized spacial score (nSPS) is 29.3. The van der Waals surface area contributed by atoms with Gasteiger partial charge >= 0.3 is 0 Å². The lowest BCUT2D eigenvalue weighted by molar-refractivity contribution is 0.0898. The van der Waals surface area contributed by atoms with Gasteiger partial charge in [0.1, 0.15) is 12.1 Å². The van der Waals surface area contributed by atoms with Crippen LogP contribution < -0.4 is 5.32 Å². The Morgan fingerprint density at radius 2 is 2.19 bits per heavy atom. The highest BCUT2D eigenvalue weighted by atomic mass is 19.1. The van der Waals surface area contributed by atoms with E-state index in [-0.39, 0.29) is 12.1 Å². The first-order valence-electron chi connectivity index (χ1n) is 5.68. The number of nitrogens with zero attached hydrogens (tertiary/aromatic N) is 2. The van der Waals surface area contributed by atoms with Gasteiger partial charge in [-0.25, -0.2) is 9.97 Å². The number of hydrogen-bond acceptors (Lipinski definition) is 4. The predicted molar refractivity (Wildman–Crippen MR) is 56.5 cm³/mol. The summed E-state index contributed by atoms with van der Waals surface area (Å²) in [6, 6.07) is 1.59. The van der Waals surface area contributed by atoms with Crippen molar-refractivity contribution in [3.05, 3.63) is 18.3 Å². The minimum absolute atomic E-state index is 0.266. The molecule has 2 unspecified atom stereocenters. The molecule has 0 radical (unpaired) electrons. The summed E-state index contributed by atoms with van der Waals surface area (Å²) in [5.41, 5.74) is 0. The molecule has 1 aliphatic carbocycles. The van der Waals surface area contributed by atoms with Crippen molar-refractivity contribution in [2.45, 2.75) is 31.4 Å². The van der Waals surface area contributed by atoms with Crippen molar-refractivity contribution in [3.8, 4) is 0 Å². The number of aromatic nitrogens is 2. The lowest BCUT2D eigenvalue weighted by Gasteiger charge is -2.19. The monoisotopic (exact) mass is 223 g/mol. The van der Waals surface area contributed by atoms with E-state index in [1.54, 1.807) is 0 Å². The fraction of sp³-hybridized carbons (Fsp3) is 0.636. The van der Waals surface area contributed by atoms with E-state index in [1.807, 2.05) is 0 Å². The van der Waals surface area contributed by atoms with Gasteiger partial charge in [-0.15, -0.1) is 0 Å². The quantitative estimate of drug-likeness (QED) is 0.790.